The minimum atomic E-state index is -0.314. The second-order valence-electron chi connectivity index (χ2n) is 6.94. The average Bonchev–Trinajstić information content (AvgIpc) is 3.35. The third kappa shape index (κ3) is 4.97. The van der Waals surface area contributed by atoms with Crippen LogP contribution in [0.3, 0.4) is 0 Å². The minimum absolute atomic E-state index is 0.110. The van der Waals surface area contributed by atoms with Crippen molar-refractivity contribution in [2.24, 2.45) is 5.92 Å². The van der Waals surface area contributed by atoms with Crippen LogP contribution in [0.15, 0.2) is 60.2 Å². The van der Waals surface area contributed by atoms with Gasteiger partial charge >= 0.3 is 6.03 Å². The second-order valence-corrected chi connectivity index (χ2v) is 7.80. The molecule has 3 heterocycles. The Hall–Kier alpha value is -3.26. The lowest BCUT2D eigenvalue weighted by atomic mass is 10.1. The smallest absolute Gasteiger partial charge is 0.321 e. The Balaban J connectivity index is 1.25. The van der Waals surface area contributed by atoms with Crippen molar-refractivity contribution in [2.75, 3.05) is 18.4 Å². The fourth-order valence-corrected chi connectivity index (χ4v) is 4.02. The number of carbonyl (C=O) groups excluding carboxylic acids is 2. The molecule has 0 aliphatic carbocycles. The fraction of sp³-hybridized carbons (Fsp3) is 0.238. The summed E-state index contributed by atoms with van der Waals surface area (Å²) in [4.78, 5) is 34.8. The zero-order chi connectivity index (χ0) is 20.1. The molecule has 1 fully saturated rings. The van der Waals surface area contributed by atoms with E-state index in [2.05, 4.69) is 20.6 Å². The van der Waals surface area contributed by atoms with E-state index in [0.29, 0.717) is 31.2 Å². The average molecular weight is 407 g/mol. The van der Waals surface area contributed by atoms with Gasteiger partial charge in [0, 0.05) is 55.3 Å². The predicted molar refractivity (Wildman–Crippen MR) is 112 cm³/mol. The molecule has 3 aromatic rings. The number of thiazole rings is 1. The molecule has 7 nitrogen and oxygen atoms in total. The number of likely N-dealkylation sites (tertiary alicyclic amines) is 1. The molecule has 0 spiro atoms. The highest BCUT2D eigenvalue weighted by molar-refractivity contribution is 7.14. The van der Waals surface area contributed by atoms with Gasteiger partial charge in [-0.3, -0.25) is 15.1 Å². The Labute approximate surface area is 172 Å². The zero-order valence-electron chi connectivity index (χ0n) is 15.7. The van der Waals surface area contributed by atoms with Crippen molar-refractivity contribution in [1.29, 1.82) is 0 Å². The van der Waals surface area contributed by atoms with Gasteiger partial charge in [-0.05, 0) is 17.7 Å². The number of urea groups is 1. The third-order valence-corrected chi connectivity index (χ3v) is 5.50. The van der Waals surface area contributed by atoms with Gasteiger partial charge in [0.2, 0.25) is 5.91 Å². The van der Waals surface area contributed by atoms with Crippen LogP contribution in [0.25, 0.3) is 11.3 Å². The summed E-state index contributed by atoms with van der Waals surface area (Å²) in [5.74, 6) is 0.237. The van der Waals surface area contributed by atoms with E-state index >= 15 is 0 Å². The number of carbonyl (C=O) groups is 2. The first-order chi connectivity index (χ1) is 14.2. The standard InChI is InChI=1S/C21H21N5O2S/c27-19-9-16(13-26(19)12-15-5-2-1-3-6-15)10-23-20(28)25-21-24-18(14-29-21)17-7-4-8-22-11-17/h1-8,11,14,16H,9-10,12-13H2,(H2,23,24,25,28). The normalized spacial score (nSPS) is 16.1. The summed E-state index contributed by atoms with van der Waals surface area (Å²) >= 11 is 1.36. The molecule has 3 amide bonds. The molecule has 0 radical (unpaired) electrons. The Morgan fingerprint density at radius 3 is 2.86 bits per heavy atom. The molecule has 0 saturated carbocycles. The summed E-state index contributed by atoms with van der Waals surface area (Å²) in [5, 5.41) is 8.01. The third-order valence-electron chi connectivity index (χ3n) is 4.74. The Morgan fingerprint density at radius 1 is 1.21 bits per heavy atom. The summed E-state index contributed by atoms with van der Waals surface area (Å²) in [5.41, 5.74) is 2.79. The van der Waals surface area contributed by atoms with E-state index in [1.54, 1.807) is 12.4 Å². The molecule has 1 aromatic carbocycles. The van der Waals surface area contributed by atoms with E-state index in [1.807, 2.05) is 52.7 Å². The van der Waals surface area contributed by atoms with Crippen molar-refractivity contribution in [3.05, 3.63) is 65.8 Å². The van der Waals surface area contributed by atoms with E-state index < -0.39 is 0 Å². The maximum Gasteiger partial charge on any atom is 0.321 e. The van der Waals surface area contributed by atoms with Crippen LogP contribution in [0, 0.1) is 5.92 Å². The van der Waals surface area contributed by atoms with Gasteiger partial charge in [-0.25, -0.2) is 9.78 Å². The molecule has 29 heavy (non-hydrogen) atoms. The number of hydrogen-bond acceptors (Lipinski definition) is 5. The maximum atomic E-state index is 12.2. The fourth-order valence-electron chi connectivity index (χ4n) is 3.30. The Morgan fingerprint density at radius 2 is 2.07 bits per heavy atom. The van der Waals surface area contributed by atoms with E-state index in [-0.39, 0.29) is 17.9 Å². The van der Waals surface area contributed by atoms with Crippen molar-refractivity contribution in [3.8, 4) is 11.3 Å². The quantitative estimate of drug-likeness (QED) is 0.656. The molecule has 1 atom stereocenters. The minimum Gasteiger partial charge on any atom is -0.338 e. The molecule has 148 valence electrons. The van der Waals surface area contributed by atoms with Crippen molar-refractivity contribution >= 4 is 28.4 Å². The Bertz CT molecular complexity index is 977. The van der Waals surface area contributed by atoms with Crippen LogP contribution in [0.4, 0.5) is 9.93 Å². The lowest BCUT2D eigenvalue weighted by Crippen LogP contribution is -2.34. The van der Waals surface area contributed by atoms with Gasteiger partial charge in [0.1, 0.15) is 0 Å². The van der Waals surface area contributed by atoms with E-state index in [9.17, 15) is 9.59 Å². The molecule has 4 rings (SSSR count). The van der Waals surface area contributed by atoms with E-state index in [0.717, 1.165) is 16.8 Å². The first kappa shape index (κ1) is 19.1. The maximum absolute atomic E-state index is 12.2. The van der Waals surface area contributed by atoms with Gasteiger partial charge in [-0.15, -0.1) is 11.3 Å². The lowest BCUT2D eigenvalue weighted by Gasteiger charge is -2.17. The number of nitrogens with one attached hydrogen (secondary N) is 2. The predicted octanol–water partition coefficient (Wildman–Crippen LogP) is 3.38. The molecule has 8 heteroatoms. The Kier molecular flexibility index (Phi) is 5.81. The van der Waals surface area contributed by atoms with Crippen molar-refractivity contribution in [2.45, 2.75) is 13.0 Å². The number of hydrogen-bond donors (Lipinski definition) is 2. The number of pyridine rings is 1. The summed E-state index contributed by atoms with van der Waals surface area (Å²) in [6, 6.07) is 13.4. The summed E-state index contributed by atoms with van der Waals surface area (Å²) in [6.07, 6.45) is 3.89. The molecule has 1 aliphatic rings. The molecule has 1 saturated heterocycles. The van der Waals surface area contributed by atoms with Crippen LogP contribution in [0.1, 0.15) is 12.0 Å². The summed E-state index contributed by atoms with van der Waals surface area (Å²) in [7, 11) is 0. The first-order valence-corrected chi connectivity index (χ1v) is 10.3. The van der Waals surface area contributed by atoms with Gasteiger partial charge in [0.05, 0.1) is 5.69 Å². The number of amides is 3. The van der Waals surface area contributed by atoms with Gasteiger partial charge in [0.15, 0.2) is 5.13 Å². The molecular weight excluding hydrogens is 386 g/mol. The summed E-state index contributed by atoms with van der Waals surface area (Å²) in [6.45, 7) is 1.71. The van der Waals surface area contributed by atoms with Crippen LogP contribution in [-0.2, 0) is 11.3 Å². The lowest BCUT2D eigenvalue weighted by molar-refractivity contribution is -0.128. The van der Waals surface area contributed by atoms with E-state index in [1.165, 1.54) is 11.3 Å². The van der Waals surface area contributed by atoms with Crippen LogP contribution in [0.2, 0.25) is 0 Å². The van der Waals surface area contributed by atoms with E-state index in [4.69, 9.17) is 0 Å². The number of aromatic nitrogens is 2. The van der Waals surface area contributed by atoms with Gasteiger partial charge in [0.25, 0.3) is 0 Å². The highest BCUT2D eigenvalue weighted by atomic mass is 32.1. The SMILES string of the molecule is O=C(NCC1CC(=O)N(Cc2ccccc2)C1)Nc1nc(-c2cccnc2)cs1. The van der Waals surface area contributed by atoms with Crippen LogP contribution >= 0.6 is 11.3 Å². The van der Waals surface area contributed by atoms with Crippen molar-refractivity contribution in [1.82, 2.24) is 20.2 Å². The molecule has 1 aliphatic heterocycles. The second kappa shape index (κ2) is 8.83. The van der Waals surface area contributed by atoms with Crippen LogP contribution in [-0.4, -0.2) is 39.9 Å². The number of nitrogens with zero attached hydrogens (tertiary/aromatic N) is 3. The zero-order valence-corrected chi connectivity index (χ0v) is 16.6. The van der Waals surface area contributed by atoms with Crippen LogP contribution < -0.4 is 10.6 Å². The topological polar surface area (TPSA) is 87.2 Å². The van der Waals surface area contributed by atoms with Gasteiger partial charge in [-0.1, -0.05) is 30.3 Å². The van der Waals surface area contributed by atoms with Crippen molar-refractivity contribution in [3.63, 3.8) is 0 Å². The van der Waals surface area contributed by atoms with Crippen molar-refractivity contribution < 1.29 is 9.59 Å². The molecule has 2 N–H and O–H groups in total. The highest BCUT2D eigenvalue weighted by Crippen LogP contribution is 2.24. The highest BCUT2D eigenvalue weighted by Gasteiger charge is 2.29. The van der Waals surface area contributed by atoms with Gasteiger partial charge in [-0.2, -0.15) is 0 Å². The first-order valence-electron chi connectivity index (χ1n) is 9.40. The molecular formula is C21H21N5O2S. The number of anilines is 1. The van der Waals surface area contributed by atoms with Gasteiger partial charge < -0.3 is 10.2 Å². The monoisotopic (exact) mass is 407 g/mol. The molecule has 1 unspecified atom stereocenters. The molecule has 2 aromatic heterocycles. The molecule has 0 bridgehead atoms. The van der Waals surface area contributed by atoms with Crippen LogP contribution in [0.5, 0.6) is 0 Å². The largest absolute Gasteiger partial charge is 0.338 e. The number of rotatable bonds is 6. The number of benzene rings is 1. The summed E-state index contributed by atoms with van der Waals surface area (Å²) < 4.78 is 0.